The number of carbonyl (C=O) groups is 1. The highest BCUT2D eigenvalue weighted by atomic mass is 16.5. The van der Waals surface area contributed by atoms with Crippen molar-refractivity contribution >= 4 is 5.91 Å². The van der Waals surface area contributed by atoms with Crippen LogP contribution in [0.1, 0.15) is 29.5 Å². The molecule has 184 valence electrons. The van der Waals surface area contributed by atoms with Gasteiger partial charge in [0.25, 0.3) is 0 Å². The molecule has 1 aliphatic rings. The number of hydrogen-bond acceptors (Lipinski definition) is 4. The summed E-state index contributed by atoms with van der Waals surface area (Å²) in [5, 5.41) is 0. The quantitative estimate of drug-likeness (QED) is 0.407. The lowest BCUT2D eigenvalue weighted by Gasteiger charge is -2.34. The number of methoxy groups -OCH3 is 2. The van der Waals surface area contributed by atoms with Gasteiger partial charge in [0.1, 0.15) is 11.5 Å². The Morgan fingerprint density at radius 2 is 1.40 bits per heavy atom. The van der Waals surface area contributed by atoms with Gasteiger partial charge in [-0.25, -0.2) is 0 Å². The summed E-state index contributed by atoms with van der Waals surface area (Å²) in [6, 6.07) is 26.8. The zero-order valence-corrected chi connectivity index (χ0v) is 20.9. The molecular weight excluding hydrogens is 436 g/mol. The molecule has 3 aromatic carbocycles. The van der Waals surface area contributed by atoms with Crippen LogP contribution >= 0.6 is 0 Å². The molecule has 0 radical (unpaired) electrons. The van der Waals surface area contributed by atoms with E-state index in [2.05, 4.69) is 58.3 Å². The molecule has 0 bridgehead atoms. The number of ether oxygens (including phenoxy) is 2. The van der Waals surface area contributed by atoms with Crippen LogP contribution in [-0.4, -0.2) is 49.6 Å². The lowest BCUT2D eigenvalue weighted by molar-refractivity contribution is -0.137. The maximum absolute atomic E-state index is 13.6. The van der Waals surface area contributed by atoms with Crippen LogP contribution in [0.4, 0.5) is 0 Å². The molecule has 4 rings (SSSR count). The highest BCUT2D eigenvalue weighted by molar-refractivity contribution is 5.79. The second-order valence-electron chi connectivity index (χ2n) is 9.25. The van der Waals surface area contributed by atoms with Crippen molar-refractivity contribution in [1.82, 2.24) is 9.80 Å². The van der Waals surface area contributed by atoms with Gasteiger partial charge in [-0.3, -0.25) is 9.69 Å². The SMILES string of the molecule is COc1cc(CN2CCC(C(=O)N(CCc3ccccc3)Cc3ccccc3)CC2)cc(OC)c1. The molecule has 0 aliphatic carbocycles. The van der Waals surface area contributed by atoms with Crippen LogP contribution in [0.5, 0.6) is 11.5 Å². The van der Waals surface area contributed by atoms with Gasteiger partial charge >= 0.3 is 0 Å². The lowest BCUT2D eigenvalue weighted by Crippen LogP contribution is -2.42. The van der Waals surface area contributed by atoms with Gasteiger partial charge in [-0.1, -0.05) is 60.7 Å². The van der Waals surface area contributed by atoms with Crippen molar-refractivity contribution in [2.24, 2.45) is 5.92 Å². The van der Waals surface area contributed by atoms with E-state index in [1.165, 1.54) is 16.7 Å². The standard InChI is InChI=1S/C30H36N2O3/c1-34-28-19-26(20-29(21-28)35-2)22-31-16-14-27(15-17-31)30(33)32(23-25-11-7-4-8-12-25)18-13-24-9-5-3-6-10-24/h3-12,19-21,27H,13-18,22-23H2,1-2H3. The Morgan fingerprint density at radius 3 is 1.97 bits per heavy atom. The van der Waals surface area contributed by atoms with Crippen molar-refractivity contribution in [3.8, 4) is 11.5 Å². The average molecular weight is 473 g/mol. The topological polar surface area (TPSA) is 42.0 Å². The minimum atomic E-state index is 0.0746. The summed E-state index contributed by atoms with van der Waals surface area (Å²) in [5.74, 6) is 1.97. The van der Waals surface area contributed by atoms with Gasteiger partial charge in [0, 0.05) is 31.6 Å². The molecule has 5 nitrogen and oxygen atoms in total. The van der Waals surface area contributed by atoms with E-state index in [4.69, 9.17) is 9.47 Å². The van der Waals surface area contributed by atoms with E-state index < -0.39 is 0 Å². The van der Waals surface area contributed by atoms with Gasteiger partial charge in [-0.2, -0.15) is 0 Å². The molecule has 1 amide bonds. The van der Waals surface area contributed by atoms with Gasteiger partial charge in [0.2, 0.25) is 5.91 Å². The van der Waals surface area contributed by atoms with Crippen molar-refractivity contribution in [3.63, 3.8) is 0 Å². The number of carbonyl (C=O) groups excluding carboxylic acids is 1. The highest BCUT2D eigenvalue weighted by Crippen LogP contribution is 2.26. The highest BCUT2D eigenvalue weighted by Gasteiger charge is 2.28. The molecule has 0 unspecified atom stereocenters. The number of amides is 1. The second kappa shape index (κ2) is 12.4. The third-order valence-electron chi connectivity index (χ3n) is 6.80. The van der Waals surface area contributed by atoms with E-state index in [0.717, 1.165) is 56.9 Å². The van der Waals surface area contributed by atoms with Crippen molar-refractivity contribution < 1.29 is 14.3 Å². The van der Waals surface area contributed by atoms with Crippen molar-refractivity contribution in [3.05, 3.63) is 95.6 Å². The molecular formula is C30H36N2O3. The van der Waals surface area contributed by atoms with E-state index in [1.807, 2.05) is 30.3 Å². The summed E-state index contributed by atoms with van der Waals surface area (Å²) in [6.45, 7) is 4.05. The van der Waals surface area contributed by atoms with Crippen LogP contribution < -0.4 is 9.47 Å². The molecule has 1 saturated heterocycles. The maximum atomic E-state index is 13.6. The molecule has 35 heavy (non-hydrogen) atoms. The molecule has 3 aromatic rings. The van der Waals surface area contributed by atoms with Gasteiger partial charge in [0.15, 0.2) is 0 Å². The predicted octanol–water partition coefficient (Wildman–Crippen LogP) is 5.19. The smallest absolute Gasteiger partial charge is 0.226 e. The molecule has 1 aliphatic heterocycles. The van der Waals surface area contributed by atoms with E-state index in [1.54, 1.807) is 14.2 Å². The predicted molar refractivity (Wildman–Crippen MR) is 140 cm³/mol. The molecule has 0 spiro atoms. The van der Waals surface area contributed by atoms with E-state index in [9.17, 15) is 4.79 Å². The maximum Gasteiger partial charge on any atom is 0.226 e. The van der Waals surface area contributed by atoms with E-state index in [-0.39, 0.29) is 11.8 Å². The Labute approximate surface area is 209 Å². The molecule has 0 atom stereocenters. The normalized spacial score (nSPS) is 14.5. The zero-order valence-electron chi connectivity index (χ0n) is 20.9. The van der Waals surface area contributed by atoms with Crippen molar-refractivity contribution in [2.45, 2.75) is 32.4 Å². The number of nitrogens with zero attached hydrogens (tertiary/aromatic N) is 2. The van der Waals surface area contributed by atoms with Crippen LogP contribution in [0.3, 0.4) is 0 Å². The van der Waals surface area contributed by atoms with Gasteiger partial charge in [-0.15, -0.1) is 0 Å². The summed E-state index contributed by atoms with van der Waals surface area (Å²) in [5.41, 5.74) is 3.61. The first-order valence-electron chi connectivity index (χ1n) is 12.5. The third-order valence-corrected chi connectivity index (χ3v) is 6.80. The van der Waals surface area contributed by atoms with Crippen LogP contribution in [0.15, 0.2) is 78.9 Å². The van der Waals surface area contributed by atoms with Crippen LogP contribution in [0, 0.1) is 5.92 Å². The van der Waals surface area contributed by atoms with Crippen molar-refractivity contribution in [1.29, 1.82) is 0 Å². The number of likely N-dealkylation sites (tertiary alicyclic amines) is 1. The van der Waals surface area contributed by atoms with Gasteiger partial charge in [0.05, 0.1) is 14.2 Å². The minimum Gasteiger partial charge on any atom is -0.497 e. The first kappa shape index (κ1) is 24.8. The number of piperidine rings is 1. The number of rotatable bonds is 10. The Morgan fingerprint density at radius 1 is 0.829 bits per heavy atom. The number of hydrogen-bond donors (Lipinski definition) is 0. The van der Waals surface area contributed by atoms with Gasteiger partial charge in [-0.05, 0) is 61.2 Å². The molecule has 5 heteroatoms. The summed E-state index contributed by atoms with van der Waals surface area (Å²) < 4.78 is 10.8. The summed E-state index contributed by atoms with van der Waals surface area (Å²) in [4.78, 5) is 18.1. The number of benzene rings is 3. The summed E-state index contributed by atoms with van der Waals surface area (Å²) in [6.07, 6.45) is 2.64. The molecule has 0 saturated carbocycles. The Bertz CT molecular complexity index is 1040. The Kier molecular flexibility index (Phi) is 8.79. The third kappa shape index (κ3) is 7.09. The fraction of sp³-hybridized carbons (Fsp3) is 0.367. The fourth-order valence-corrected chi connectivity index (χ4v) is 4.79. The first-order chi connectivity index (χ1) is 17.1. The molecule has 0 aromatic heterocycles. The second-order valence-corrected chi connectivity index (χ2v) is 9.25. The van der Waals surface area contributed by atoms with Crippen LogP contribution in [0.2, 0.25) is 0 Å². The largest absolute Gasteiger partial charge is 0.497 e. The van der Waals surface area contributed by atoms with E-state index in [0.29, 0.717) is 6.54 Å². The molecule has 1 heterocycles. The average Bonchev–Trinajstić information content (AvgIpc) is 2.92. The van der Waals surface area contributed by atoms with Gasteiger partial charge < -0.3 is 14.4 Å². The Balaban J connectivity index is 1.37. The molecule has 1 fully saturated rings. The summed E-state index contributed by atoms with van der Waals surface area (Å²) in [7, 11) is 3.35. The van der Waals surface area contributed by atoms with E-state index >= 15 is 0 Å². The lowest BCUT2D eigenvalue weighted by atomic mass is 9.94. The minimum absolute atomic E-state index is 0.0746. The molecule has 0 N–H and O–H groups in total. The fourth-order valence-electron chi connectivity index (χ4n) is 4.79. The van der Waals surface area contributed by atoms with Crippen molar-refractivity contribution in [2.75, 3.05) is 33.9 Å². The monoisotopic (exact) mass is 472 g/mol. The summed E-state index contributed by atoms with van der Waals surface area (Å²) >= 11 is 0. The first-order valence-corrected chi connectivity index (χ1v) is 12.5. The Hall–Kier alpha value is -3.31. The van der Waals surface area contributed by atoms with Crippen LogP contribution in [0.25, 0.3) is 0 Å². The van der Waals surface area contributed by atoms with Crippen LogP contribution in [-0.2, 0) is 24.3 Å². The zero-order chi connectivity index (χ0) is 24.5.